The summed E-state index contributed by atoms with van der Waals surface area (Å²) < 4.78 is 30.9. The molecule has 0 fully saturated rings. The third-order valence-electron chi connectivity index (χ3n) is 4.58. The van der Waals surface area contributed by atoms with Gasteiger partial charge in [0.2, 0.25) is 12.7 Å². The maximum atomic E-state index is 14.1. The number of halogens is 1. The first-order chi connectivity index (χ1) is 14.2. The van der Waals surface area contributed by atoms with Crippen LogP contribution in [0.25, 0.3) is 10.2 Å². The number of fused-ring (bicyclic) bond motifs is 2. The molecule has 0 saturated heterocycles. The SMILES string of the molecule is O=C(Cc1ccc2c(c1)OCO2)N(Cc1ccco1)c1nc2c(F)cccc2s1. The predicted molar refractivity (Wildman–Crippen MR) is 106 cm³/mol. The van der Waals surface area contributed by atoms with Crippen LogP contribution < -0.4 is 14.4 Å². The fraction of sp³-hybridized carbons (Fsp3) is 0.143. The first-order valence-electron chi connectivity index (χ1n) is 8.94. The Balaban J connectivity index is 1.47. The fourth-order valence-corrected chi connectivity index (χ4v) is 4.16. The minimum atomic E-state index is -0.411. The number of ether oxygens (including phenoxy) is 2. The number of hydrogen-bond donors (Lipinski definition) is 0. The fourth-order valence-electron chi connectivity index (χ4n) is 3.16. The van der Waals surface area contributed by atoms with Crippen molar-refractivity contribution in [3.8, 4) is 11.5 Å². The molecule has 2 aromatic heterocycles. The van der Waals surface area contributed by atoms with Crippen LogP contribution in [0.3, 0.4) is 0 Å². The number of carbonyl (C=O) groups is 1. The quantitative estimate of drug-likeness (QED) is 0.484. The molecular formula is C21H15FN2O4S. The smallest absolute Gasteiger partial charge is 0.233 e. The number of amides is 1. The van der Waals surface area contributed by atoms with Gasteiger partial charge in [-0.2, -0.15) is 0 Å². The number of para-hydroxylation sites is 1. The number of rotatable bonds is 5. The summed E-state index contributed by atoms with van der Waals surface area (Å²) >= 11 is 1.27. The molecule has 1 aliphatic rings. The Kier molecular flexibility index (Phi) is 4.40. The molecule has 6 nitrogen and oxygen atoms in total. The van der Waals surface area contributed by atoms with E-state index >= 15 is 0 Å². The predicted octanol–water partition coefficient (Wildman–Crippen LogP) is 4.53. The van der Waals surface area contributed by atoms with Gasteiger partial charge in [0.05, 0.1) is 23.9 Å². The lowest BCUT2D eigenvalue weighted by Gasteiger charge is -2.19. The molecule has 0 N–H and O–H groups in total. The van der Waals surface area contributed by atoms with Gasteiger partial charge in [-0.25, -0.2) is 9.37 Å². The second kappa shape index (κ2) is 7.21. The number of thiazole rings is 1. The van der Waals surface area contributed by atoms with Crippen LogP contribution in [0, 0.1) is 5.82 Å². The summed E-state index contributed by atoms with van der Waals surface area (Å²) in [5.74, 6) is 1.31. The van der Waals surface area contributed by atoms with E-state index in [9.17, 15) is 9.18 Å². The average Bonchev–Trinajstić information content (AvgIpc) is 3.46. The van der Waals surface area contributed by atoms with Gasteiger partial charge in [-0.3, -0.25) is 9.69 Å². The molecule has 8 heteroatoms. The van der Waals surface area contributed by atoms with Crippen molar-refractivity contribution < 1.29 is 23.1 Å². The molecule has 1 amide bonds. The van der Waals surface area contributed by atoms with Gasteiger partial charge in [-0.15, -0.1) is 0 Å². The first kappa shape index (κ1) is 17.7. The van der Waals surface area contributed by atoms with Crippen molar-refractivity contribution in [2.75, 3.05) is 11.7 Å². The minimum Gasteiger partial charge on any atom is -0.467 e. The highest BCUT2D eigenvalue weighted by molar-refractivity contribution is 7.22. The molecule has 1 aliphatic heterocycles. The highest BCUT2D eigenvalue weighted by Gasteiger charge is 2.23. The Morgan fingerprint density at radius 3 is 2.86 bits per heavy atom. The molecule has 0 aliphatic carbocycles. The van der Waals surface area contributed by atoms with Crippen LogP contribution >= 0.6 is 11.3 Å². The molecular weight excluding hydrogens is 395 g/mol. The second-order valence-corrected chi connectivity index (χ2v) is 7.52. The van der Waals surface area contributed by atoms with Crippen molar-refractivity contribution in [1.29, 1.82) is 0 Å². The highest BCUT2D eigenvalue weighted by atomic mass is 32.1. The summed E-state index contributed by atoms with van der Waals surface area (Å²) in [6, 6.07) is 13.7. The molecule has 0 radical (unpaired) electrons. The Hall–Kier alpha value is -3.39. The monoisotopic (exact) mass is 410 g/mol. The van der Waals surface area contributed by atoms with Gasteiger partial charge < -0.3 is 13.9 Å². The van der Waals surface area contributed by atoms with Gasteiger partial charge in [0.25, 0.3) is 0 Å². The Morgan fingerprint density at radius 1 is 1.14 bits per heavy atom. The summed E-state index contributed by atoms with van der Waals surface area (Å²) in [5, 5.41) is 0.423. The van der Waals surface area contributed by atoms with Crippen molar-refractivity contribution in [3.05, 3.63) is 71.9 Å². The van der Waals surface area contributed by atoms with Gasteiger partial charge in [0, 0.05) is 0 Å². The molecule has 4 aromatic rings. The maximum absolute atomic E-state index is 14.1. The van der Waals surface area contributed by atoms with Crippen molar-refractivity contribution >= 4 is 32.6 Å². The summed E-state index contributed by atoms with van der Waals surface area (Å²) in [7, 11) is 0. The average molecular weight is 410 g/mol. The largest absolute Gasteiger partial charge is 0.467 e. The topological polar surface area (TPSA) is 64.8 Å². The lowest BCUT2D eigenvalue weighted by Crippen LogP contribution is -2.31. The van der Waals surface area contributed by atoms with Crippen LogP contribution in [0.2, 0.25) is 0 Å². The molecule has 3 heterocycles. The number of benzene rings is 2. The number of furan rings is 1. The van der Waals surface area contributed by atoms with Gasteiger partial charge in [-0.05, 0) is 42.0 Å². The van der Waals surface area contributed by atoms with E-state index in [0.29, 0.717) is 27.1 Å². The lowest BCUT2D eigenvalue weighted by molar-refractivity contribution is -0.118. The molecule has 0 spiro atoms. The number of anilines is 1. The third kappa shape index (κ3) is 3.42. The maximum Gasteiger partial charge on any atom is 0.233 e. The molecule has 2 aromatic carbocycles. The summed E-state index contributed by atoms with van der Waals surface area (Å²) in [5.41, 5.74) is 1.05. The van der Waals surface area contributed by atoms with Crippen molar-refractivity contribution in [2.45, 2.75) is 13.0 Å². The Labute approximate surface area is 169 Å². The van der Waals surface area contributed by atoms with E-state index in [1.165, 1.54) is 22.3 Å². The first-order valence-corrected chi connectivity index (χ1v) is 9.75. The van der Waals surface area contributed by atoms with Crippen LogP contribution in [0.5, 0.6) is 11.5 Å². The summed E-state index contributed by atoms with van der Waals surface area (Å²) in [4.78, 5) is 19.1. The standard InChI is InChI=1S/C21H15FN2O4S/c22-15-4-1-5-18-20(15)23-21(29-18)24(11-14-3-2-8-26-14)19(25)10-13-6-7-16-17(9-13)28-12-27-16/h1-9H,10-12H2. The van der Waals surface area contributed by atoms with Crippen LogP contribution in [0.1, 0.15) is 11.3 Å². The molecule has 5 rings (SSSR count). The van der Waals surface area contributed by atoms with Gasteiger partial charge in [0.15, 0.2) is 16.6 Å². The minimum absolute atomic E-state index is 0.135. The molecule has 0 atom stereocenters. The van der Waals surface area contributed by atoms with E-state index in [2.05, 4.69) is 4.98 Å². The number of aromatic nitrogens is 1. The van der Waals surface area contributed by atoms with Crippen LogP contribution in [-0.4, -0.2) is 17.7 Å². The van der Waals surface area contributed by atoms with Gasteiger partial charge in [0.1, 0.15) is 17.1 Å². The number of nitrogens with zero attached hydrogens (tertiary/aromatic N) is 2. The van der Waals surface area contributed by atoms with E-state index in [0.717, 1.165) is 5.56 Å². The van der Waals surface area contributed by atoms with Gasteiger partial charge in [-0.1, -0.05) is 23.5 Å². The van der Waals surface area contributed by atoms with E-state index in [1.807, 2.05) is 6.07 Å². The van der Waals surface area contributed by atoms with E-state index in [4.69, 9.17) is 13.9 Å². The normalized spacial score (nSPS) is 12.4. The zero-order valence-corrected chi connectivity index (χ0v) is 15.9. The molecule has 0 saturated carbocycles. The van der Waals surface area contributed by atoms with E-state index in [-0.39, 0.29) is 31.2 Å². The molecule has 146 valence electrons. The zero-order chi connectivity index (χ0) is 19.8. The molecule has 0 unspecified atom stereocenters. The van der Waals surface area contributed by atoms with Crippen molar-refractivity contribution in [3.63, 3.8) is 0 Å². The molecule has 29 heavy (non-hydrogen) atoms. The Morgan fingerprint density at radius 2 is 2.03 bits per heavy atom. The highest BCUT2D eigenvalue weighted by Crippen LogP contribution is 2.34. The van der Waals surface area contributed by atoms with Crippen LogP contribution in [0.4, 0.5) is 9.52 Å². The second-order valence-electron chi connectivity index (χ2n) is 6.51. The lowest BCUT2D eigenvalue weighted by atomic mass is 10.1. The number of carbonyl (C=O) groups excluding carboxylic acids is 1. The van der Waals surface area contributed by atoms with Crippen LogP contribution in [0.15, 0.2) is 59.2 Å². The number of hydrogen-bond acceptors (Lipinski definition) is 6. The van der Waals surface area contributed by atoms with Crippen LogP contribution in [-0.2, 0) is 17.8 Å². The summed E-state index contributed by atoms with van der Waals surface area (Å²) in [6.07, 6.45) is 1.68. The Bertz CT molecular complexity index is 1190. The zero-order valence-electron chi connectivity index (χ0n) is 15.1. The summed E-state index contributed by atoms with van der Waals surface area (Å²) in [6.45, 7) is 0.381. The van der Waals surface area contributed by atoms with Crippen molar-refractivity contribution in [1.82, 2.24) is 4.98 Å². The third-order valence-corrected chi connectivity index (χ3v) is 5.62. The van der Waals surface area contributed by atoms with Crippen molar-refractivity contribution in [2.24, 2.45) is 0 Å². The molecule has 0 bridgehead atoms. The van der Waals surface area contributed by atoms with Gasteiger partial charge >= 0.3 is 0 Å². The van der Waals surface area contributed by atoms with E-state index < -0.39 is 5.82 Å². The van der Waals surface area contributed by atoms with E-state index in [1.54, 1.807) is 42.7 Å².